The van der Waals surface area contributed by atoms with Crippen molar-refractivity contribution in [2.45, 2.75) is 13.8 Å². The van der Waals surface area contributed by atoms with Crippen LogP contribution in [0.15, 0.2) is 53.9 Å². The number of aromatic carboxylic acids is 1. The van der Waals surface area contributed by atoms with Crippen LogP contribution < -0.4 is 11.2 Å². The maximum absolute atomic E-state index is 11.3. The number of nitrogens with zero attached hydrogens (tertiary/aromatic N) is 2. The second-order valence-electron chi connectivity index (χ2n) is 4.67. The second kappa shape index (κ2) is 8.93. The highest BCUT2D eigenvalue weighted by Crippen LogP contribution is 2.05. The molecule has 0 fully saturated rings. The lowest BCUT2D eigenvalue weighted by molar-refractivity contribution is 0.0696. The lowest BCUT2D eigenvalue weighted by atomic mass is 10.2. The maximum atomic E-state index is 11.3. The highest BCUT2D eigenvalue weighted by atomic mass is 16.4. The molecule has 7 nitrogen and oxygen atoms in total. The number of amides is 1. The number of carbonyl (C=O) groups excluding carboxylic acids is 1. The number of carbonyl (C=O) groups is 2. The maximum Gasteiger partial charge on any atom is 0.335 e. The number of benzene rings is 1. The number of pyridine rings is 1. The third kappa shape index (κ3) is 6.85. The van der Waals surface area contributed by atoms with E-state index in [2.05, 4.69) is 15.5 Å². The van der Waals surface area contributed by atoms with Gasteiger partial charge in [-0.25, -0.2) is 10.2 Å². The number of nitrogens with two attached hydrogens (primary N) is 1. The van der Waals surface area contributed by atoms with Gasteiger partial charge in [0.1, 0.15) is 0 Å². The number of nitrogen functional groups attached to an aromatic ring is 1. The molecule has 4 N–H and O–H groups in total. The molecule has 0 atom stereocenters. The van der Waals surface area contributed by atoms with E-state index in [9.17, 15) is 9.59 Å². The fourth-order valence-electron chi connectivity index (χ4n) is 1.40. The first-order chi connectivity index (χ1) is 10.9. The minimum absolute atomic E-state index is 0.219. The summed E-state index contributed by atoms with van der Waals surface area (Å²) >= 11 is 0. The van der Waals surface area contributed by atoms with Crippen molar-refractivity contribution in [3.8, 4) is 0 Å². The lowest BCUT2D eigenvalue weighted by Gasteiger charge is -1.98. The molecular weight excluding hydrogens is 296 g/mol. The fraction of sp³-hybridized carbons (Fsp3) is 0.125. The van der Waals surface area contributed by atoms with Gasteiger partial charge in [-0.3, -0.25) is 9.78 Å². The largest absolute Gasteiger partial charge is 0.478 e. The monoisotopic (exact) mass is 314 g/mol. The van der Waals surface area contributed by atoms with E-state index in [4.69, 9.17) is 10.8 Å². The predicted octanol–water partition coefficient (Wildman–Crippen LogP) is 2.17. The van der Waals surface area contributed by atoms with Crippen LogP contribution in [-0.2, 0) is 0 Å². The molecule has 2 aromatic rings. The van der Waals surface area contributed by atoms with Gasteiger partial charge in [-0.15, -0.1) is 0 Å². The van der Waals surface area contributed by atoms with E-state index in [1.807, 2.05) is 13.8 Å². The zero-order chi connectivity index (χ0) is 17.2. The van der Waals surface area contributed by atoms with Gasteiger partial charge in [-0.05, 0) is 44.2 Å². The van der Waals surface area contributed by atoms with Crippen LogP contribution in [0.25, 0.3) is 0 Å². The van der Waals surface area contributed by atoms with E-state index in [0.717, 1.165) is 5.71 Å². The number of rotatable bonds is 3. The molecule has 0 aliphatic rings. The Morgan fingerprint density at radius 3 is 2.26 bits per heavy atom. The number of hydrazone groups is 1. The van der Waals surface area contributed by atoms with Gasteiger partial charge in [0, 0.05) is 29.4 Å². The van der Waals surface area contributed by atoms with Gasteiger partial charge in [0.25, 0.3) is 5.91 Å². The smallest absolute Gasteiger partial charge is 0.335 e. The number of aromatic nitrogens is 1. The molecular formula is C16H18N4O3. The fourth-order valence-corrected chi connectivity index (χ4v) is 1.40. The minimum atomic E-state index is -0.952. The van der Waals surface area contributed by atoms with Crippen LogP contribution in [0, 0.1) is 0 Å². The van der Waals surface area contributed by atoms with Gasteiger partial charge in [-0.1, -0.05) is 6.07 Å². The molecule has 23 heavy (non-hydrogen) atoms. The van der Waals surface area contributed by atoms with Crippen molar-refractivity contribution in [1.29, 1.82) is 0 Å². The molecule has 0 radical (unpaired) electrons. The number of anilines is 1. The average molecular weight is 314 g/mol. The van der Waals surface area contributed by atoms with Crippen molar-refractivity contribution < 1.29 is 14.7 Å². The van der Waals surface area contributed by atoms with E-state index in [1.54, 1.807) is 36.7 Å². The Bertz CT molecular complexity index is 695. The SMILES string of the molecule is CC(C)=NNC(=O)c1ccncc1.Nc1cccc(C(=O)O)c1. The molecule has 0 unspecified atom stereocenters. The number of nitrogens with one attached hydrogen (secondary N) is 1. The van der Waals surface area contributed by atoms with E-state index in [0.29, 0.717) is 11.3 Å². The Kier molecular flexibility index (Phi) is 6.93. The Labute approximate surface area is 133 Å². The first-order valence-electron chi connectivity index (χ1n) is 6.70. The zero-order valence-corrected chi connectivity index (χ0v) is 12.9. The highest BCUT2D eigenvalue weighted by Gasteiger charge is 2.01. The molecule has 0 bridgehead atoms. The summed E-state index contributed by atoms with van der Waals surface area (Å²) in [5.41, 5.74) is 9.81. The molecule has 2 rings (SSSR count). The van der Waals surface area contributed by atoms with Crippen molar-refractivity contribution >= 4 is 23.3 Å². The van der Waals surface area contributed by atoms with Crippen LogP contribution in [-0.4, -0.2) is 27.7 Å². The molecule has 0 saturated carbocycles. The summed E-state index contributed by atoms with van der Waals surface area (Å²) in [6.07, 6.45) is 3.13. The Balaban J connectivity index is 0.000000238. The van der Waals surface area contributed by atoms with Crippen molar-refractivity contribution in [3.05, 3.63) is 59.9 Å². The topological polar surface area (TPSA) is 118 Å². The normalized spacial score (nSPS) is 9.13. The van der Waals surface area contributed by atoms with Gasteiger partial charge >= 0.3 is 5.97 Å². The summed E-state index contributed by atoms with van der Waals surface area (Å²) in [4.78, 5) is 25.4. The summed E-state index contributed by atoms with van der Waals surface area (Å²) in [7, 11) is 0. The average Bonchev–Trinajstić information content (AvgIpc) is 2.54. The first-order valence-corrected chi connectivity index (χ1v) is 6.70. The molecule has 7 heteroatoms. The Morgan fingerprint density at radius 1 is 1.13 bits per heavy atom. The molecule has 1 aromatic heterocycles. The van der Waals surface area contributed by atoms with Crippen LogP contribution in [0.3, 0.4) is 0 Å². The molecule has 1 heterocycles. The van der Waals surface area contributed by atoms with Gasteiger partial charge < -0.3 is 10.8 Å². The summed E-state index contributed by atoms with van der Waals surface area (Å²) in [6, 6.07) is 9.44. The van der Waals surface area contributed by atoms with Crippen LogP contribution in [0.5, 0.6) is 0 Å². The van der Waals surface area contributed by atoms with Gasteiger partial charge in [-0.2, -0.15) is 5.10 Å². The van der Waals surface area contributed by atoms with Crippen molar-refractivity contribution in [2.24, 2.45) is 5.10 Å². The van der Waals surface area contributed by atoms with Crippen molar-refractivity contribution in [1.82, 2.24) is 10.4 Å². The summed E-state index contributed by atoms with van der Waals surface area (Å²) in [6.45, 7) is 3.62. The van der Waals surface area contributed by atoms with E-state index >= 15 is 0 Å². The van der Waals surface area contributed by atoms with Crippen LogP contribution in [0.2, 0.25) is 0 Å². The van der Waals surface area contributed by atoms with Crippen LogP contribution in [0.4, 0.5) is 5.69 Å². The van der Waals surface area contributed by atoms with Gasteiger partial charge in [0.15, 0.2) is 0 Å². The molecule has 0 spiro atoms. The molecule has 0 aliphatic carbocycles. The van der Waals surface area contributed by atoms with Crippen LogP contribution >= 0.6 is 0 Å². The number of hydrogen-bond acceptors (Lipinski definition) is 5. The standard InChI is InChI=1S/C9H11N3O.C7H7NO2/c1-7(2)11-12-9(13)8-3-5-10-6-4-8;8-6-3-1-2-5(4-6)7(9)10/h3-6H,1-2H3,(H,12,13);1-4H,8H2,(H,9,10). The summed E-state index contributed by atoms with van der Waals surface area (Å²) in [5, 5.41) is 12.3. The zero-order valence-electron chi connectivity index (χ0n) is 12.9. The molecule has 1 aromatic carbocycles. The summed E-state index contributed by atoms with van der Waals surface area (Å²) in [5.74, 6) is -1.17. The first kappa shape index (κ1) is 17.8. The molecule has 1 amide bonds. The lowest BCUT2D eigenvalue weighted by Crippen LogP contribution is -2.18. The van der Waals surface area contributed by atoms with E-state index in [-0.39, 0.29) is 11.5 Å². The molecule has 0 aliphatic heterocycles. The van der Waals surface area contributed by atoms with Gasteiger partial charge in [0.2, 0.25) is 0 Å². The quantitative estimate of drug-likeness (QED) is 0.456. The molecule has 0 saturated heterocycles. The number of hydrogen-bond donors (Lipinski definition) is 3. The van der Waals surface area contributed by atoms with Gasteiger partial charge in [0.05, 0.1) is 5.56 Å². The van der Waals surface area contributed by atoms with Crippen LogP contribution in [0.1, 0.15) is 34.6 Å². The van der Waals surface area contributed by atoms with Crippen molar-refractivity contribution in [3.63, 3.8) is 0 Å². The third-order valence-electron chi connectivity index (χ3n) is 2.46. The van der Waals surface area contributed by atoms with E-state index < -0.39 is 5.97 Å². The minimum Gasteiger partial charge on any atom is -0.478 e. The third-order valence-corrected chi connectivity index (χ3v) is 2.46. The number of carboxylic acids is 1. The number of carboxylic acid groups (broad SMARTS) is 1. The highest BCUT2D eigenvalue weighted by molar-refractivity contribution is 5.94. The predicted molar refractivity (Wildman–Crippen MR) is 88.3 cm³/mol. The summed E-state index contributed by atoms with van der Waals surface area (Å²) < 4.78 is 0. The molecule has 120 valence electrons. The Hall–Kier alpha value is -3.22. The van der Waals surface area contributed by atoms with E-state index in [1.165, 1.54) is 12.1 Å². The second-order valence-corrected chi connectivity index (χ2v) is 4.67. The Morgan fingerprint density at radius 2 is 1.78 bits per heavy atom. The van der Waals surface area contributed by atoms with Crippen molar-refractivity contribution in [2.75, 3.05) is 5.73 Å².